The lowest BCUT2D eigenvalue weighted by Crippen LogP contribution is -2.07. The molecule has 0 unspecified atom stereocenters. The summed E-state index contributed by atoms with van der Waals surface area (Å²) in [5, 5.41) is 26.4. The molecule has 0 spiro atoms. The van der Waals surface area contributed by atoms with Crippen LogP contribution < -0.4 is 4.90 Å². The van der Waals surface area contributed by atoms with E-state index in [1.165, 1.54) is 16.9 Å². The van der Waals surface area contributed by atoms with Crippen LogP contribution in [0.1, 0.15) is 5.56 Å². The van der Waals surface area contributed by atoms with E-state index in [1.54, 1.807) is 0 Å². The number of aromatic nitrogens is 1. The highest BCUT2D eigenvalue weighted by Crippen LogP contribution is 2.30. The molecule has 1 heterocycles. The summed E-state index contributed by atoms with van der Waals surface area (Å²) in [7, 11) is 4.01. The molecule has 8 nitrogen and oxygen atoms in total. The van der Waals surface area contributed by atoms with Crippen molar-refractivity contribution in [3.05, 3.63) is 96.6 Å². The highest BCUT2D eigenvalue weighted by Gasteiger charge is 2.03. The van der Waals surface area contributed by atoms with Crippen molar-refractivity contribution >= 4 is 60.8 Å². The summed E-state index contributed by atoms with van der Waals surface area (Å²) in [4.78, 5) is 6.54. The van der Waals surface area contributed by atoms with Gasteiger partial charge in [0.25, 0.3) is 0 Å². The van der Waals surface area contributed by atoms with Crippen LogP contribution in [-0.2, 0) is 0 Å². The van der Waals surface area contributed by atoms with Crippen LogP contribution in [0.2, 0.25) is 0 Å². The molecular formula is C28H24N8S. The molecule has 4 aromatic carbocycles. The van der Waals surface area contributed by atoms with Crippen LogP contribution in [0.15, 0.2) is 122 Å². The van der Waals surface area contributed by atoms with Gasteiger partial charge in [0.2, 0.25) is 5.13 Å². The Bertz CT molecular complexity index is 1580. The number of benzene rings is 4. The van der Waals surface area contributed by atoms with E-state index in [0.717, 1.165) is 44.3 Å². The van der Waals surface area contributed by atoms with Crippen molar-refractivity contribution < 1.29 is 0 Å². The van der Waals surface area contributed by atoms with E-state index in [-0.39, 0.29) is 0 Å². The molecule has 0 atom stereocenters. The second-order valence-corrected chi connectivity index (χ2v) is 9.52. The Balaban J connectivity index is 1.18. The number of fused-ring (bicyclic) bond motifs is 1. The van der Waals surface area contributed by atoms with E-state index >= 15 is 0 Å². The van der Waals surface area contributed by atoms with Gasteiger partial charge in [-0.15, -0.1) is 10.2 Å². The SMILES string of the molecule is Cc1ccc2nc(N=Nc3ccc(N=Nc4ccc(N=Nc5ccc(N(C)C)cc5)cc4)cc3)sc2c1. The van der Waals surface area contributed by atoms with Gasteiger partial charge in [-0.3, -0.25) is 0 Å². The van der Waals surface area contributed by atoms with Crippen molar-refractivity contribution in [3.8, 4) is 0 Å². The number of rotatable bonds is 7. The number of azo groups is 3. The minimum absolute atomic E-state index is 0.634. The molecule has 0 aliphatic heterocycles. The molecule has 5 aromatic rings. The van der Waals surface area contributed by atoms with Gasteiger partial charge in [0.05, 0.1) is 38.7 Å². The van der Waals surface area contributed by atoms with Crippen molar-refractivity contribution in [2.45, 2.75) is 6.92 Å². The first kappa shape index (κ1) is 24.1. The first-order valence-electron chi connectivity index (χ1n) is 11.6. The summed E-state index contributed by atoms with van der Waals surface area (Å²) in [5.74, 6) is 0. The second kappa shape index (κ2) is 11.0. The predicted octanol–water partition coefficient (Wildman–Crippen LogP) is 9.92. The molecule has 182 valence electrons. The highest BCUT2D eigenvalue weighted by atomic mass is 32.1. The molecule has 0 radical (unpaired) electrons. The van der Waals surface area contributed by atoms with Gasteiger partial charge in [0, 0.05) is 19.8 Å². The van der Waals surface area contributed by atoms with E-state index in [2.05, 4.69) is 48.7 Å². The normalized spacial score (nSPS) is 11.9. The summed E-state index contributed by atoms with van der Waals surface area (Å²) in [6, 6.07) is 28.9. The fraction of sp³-hybridized carbons (Fsp3) is 0.107. The third kappa shape index (κ3) is 6.33. The zero-order valence-electron chi connectivity index (χ0n) is 20.6. The molecule has 9 heteroatoms. The molecule has 0 saturated heterocycles. The fourth-order valence-electron chi connectivity index (χ4n) is 3.38. The van der Waals surface area contributed by atoms with Crippen molar-refractivity contribution in [3.63, 3.8) is 0 Å². The number of nitrogens with zero attached hydrogens (tertiary/aromatic N) is 8. The number of hydrogen-bond donors (Lipinski definition) is 0. The van der Waals surface area contributed by atoms with Gasteiger partial charge in [-0.25, -0.2) is 4.98 Å². The molecule has 0 aliphatic rings. The van der Waals surface area contributed by atoms with E-state index in [0.29, 0.717) is 5.13 Å². The van der Waals surface area contributed by atoms with Crippen LogP contribution in [-0.4, -0.2) is 19.1 Å². The van der Waals surface area contributed by atoms with Crippen molar-refractivity contribution in [1.82, 2.24) is 4.98 Å². The summed E-state index contributed by atoms with van der Waals surface area (Å²) in [6.07, 6.45) is 0. The van der Waals surface area contributed by atoms with Crippen LogP contribution in [0, 0.1) is 6.92 Å². The molecule has 0 bridgehead atoms. The van der Waals surface area contributed by atoms with Gasteiger partial charge in [-0.05, 0) is 97.4 Å². The van der Waals surface area contributed by atoms with Crippen molar-refractivity contribution in [2.24, 2.45) is 30.7 Å². The lowest BCUT2D eigenvalue weighted by atomic mass is 10.2. The summed E-state index contributed by atoms with van der Waals surface area (Å²) >= 11 is 1.52. The Morgan fingerprint density at radius 2 is 1.00 bits per heavy atom. The van der Waals surface area contributed by atoms with E-state index in [1.807, 2.05) is 104 Å². The molecule has 0 amide bonds. The molecule has 5 rings (SSSR count). The summed E-state index contributed by atoms with van der Waals surface area (Å²) < 4.78 is 1.11. The Morgan fingerprint density at radius 3 is 1.46 bits per heavy atom. The Hall–Kier alpha value is -4.63. The Morgan fingerprint density at radius 1 is 0.568 bits per heavy atom. The molecule has 37 heavy (non-hydrogen) atoms. The minimum Gasteiger partial charge on any atom is -0.378 e. The second-order valence-electron chi connectivity index (χ2n) is 8.51. The Labute approximate surface area is 218 Å². The quantitative estimate of drug-likeness (QED) is 0.206. The first-order chi connectivity index (χ1) is 18.0. The monoisotopic (exact) mass is 504 g/mol. The highest BCUT2D eigenvalue weighted by molar-refractivity contribution is 7.21. The average molecular weight is 505 g/mol. The summed E-state index contributed by atoms with van der Waals surface area (Å²) in [5.41, 5.74) is 6.97. The minimum atomic E-state index is 0.634. The number of thiazole rings is 1. The predicted molar refractivity (Wildman–Crippen MR) is 151 cm³/mol. The van der Waals surface area contributed by atoms with Crippen molar-refractivity contribution in [2.75, 3.05) is 19.0 Å². The zero-order chi connectivity index (χ0) is 25.6. The summed E-state index contributed by atoms with van der Waals surface area (Å²) in [6.45, 7) is 2.06. The van der Waals surface area contributed by atoms with E-state index in [9.17, 15) is 0 Å². The standard InChI is InChI=1S/C28H24N8S/c1-19-4-17-26-27(18-19)37-28(29-26)35-34-23-11-9-22(10-12-23)31-30-20-5-7-21(8-6-20)32-33-24-13-15-25(16-14-24)36(2)3/h4-18H,1-3H3. The smallest absolute Gasteiger partial charge is 0.231 e. The average Bonchev–Trinajstić information content (AvgIpc) is 3.33. The molecular weight excluding hydrogens is 480 g/mol. The van der Waals surface area contributed by atoms with Gasteiger partial charge in [0.1, 0.15) is 0 Å². The maximum absolute atomic E-state index is 4.50. The van der Waals surface area contributed by atoms with Gasteiger partial charge in [0.15, 0.2) is 0 Å². The number of anilines is 1. The maximum atomic E-state index is 4.50. The van der Waals surface area contributed by atoms with Crippen LogP contribution in [0.25, 0.3) is 10.2 Å². The van der Waals surface area contributed by atoms with Crippen LogP contribution in [0.5, 0.6) is 0 Å². The van der Waals surface area contributed by atoms with E-state index in [4.69, 9.17) is 0 Å². The largest absolute Gasteiger partial charge is 0.378 e. The number of aryl methyl sites for hydroxylation is 1. The molecule has 0 aliphatic carbocycles. The van der Waals surface area contributed by atoms with Crippen LogP contribution in [0.3, 0.4) is 0 Å². The Kier molecular flexibility index (Phi) is 7.14. The topological polar surface area (TPSA) is 90.3 Å². The first-order valence-corrected chi connectivity index (χ1v) is 12.4. The van der Waals surface area contributed by atoms with Crippen LogP contribution in [0.4, 0.5) is 39.3 Å². The third-order valence-electron chi connectivity index (χ3n) is 5.41. The molecule has 1 aromatic heterocycles. The van der Waals surface area contributed by atoms with Crippen molar-refractivity contribution in [1.29, 1.82) is 0 Å². The molecule has 0 saturated carbocycles. The van der Waals surface area contributed by atoms with E-state index < -0.39 is 0 Å². The molecule has 0 N–H and O–H groups in total. The van der Waals surface area contributed by atoms with Gasteiger partial charge in [-0.1, -0.05) is 17.4 Å². The lowest BCUT2D eigenvalue weighted by molar-refractivity contribution is 1.13. The van der Waals surface area contributed by atoms with Crippen LogP contribution >= 0.6 is 11.3 Å². The third-order valence-corrected chi connectivity index (χ3v) is 6.31. The lowest BCUT2D eigenvalue weighted by Gasteiger charge is -2.11. The zero-order valence-corrected chi connectivity index (χ0v) is 21.5. The number of hydrogen-bond acceptors (Lipinski definition) is 9. The van der Waals surface area contributed by atoms with Gasteiger partial charge < -0.3 is 4.90 Å². The van der Waals surface area contributed by atoms with Gasteiger partial charge >= 0.3 is 0 Å². The molecule has 0 fully saturated rings. The van der Waals surface area contributed by atoms with Gasteiger partial charge in [-0.2, -0.15) is 20.5 Å². The fourth-order valence-corrected chi connectivity index (χ4v) is 4.27. The maximum Gasteiger partial charge on any atom is 0.231 e.